The van der Waals surface area contributed by atoms with Crippen LogP contribution in [0.25, 0.3) is 0 Å². The van der Waals surface area contributed by atoms with Gasteiger partial charge in [-0.2, -0.15) is 5.11 Å². The number of rotatable bonds is 5. The normalized spacial score (nSPS) is 18.8. The van der Waals surface area contributed by atoms with E-state index in [4.69, 9.17) is 27.6 Å². The molecule has 3 rings (SSSR count). The van der Waals surface area contributed by atoms with Crippen LogP contribution >= 0.6 is 35.0 Å². The van der Waals surface area contributed by atoms with Gasteiger partial charge in [0.05, 0.1) is 12.8 Å². The Hall–Kier alpha value is -1.83. The largest absolute Gasteiger partial charge is 0.467 e. The minimum atomic E-state index is -0.533. The second-order valence-corrected chi connectivity index (χ2v) is 6.74. The van der Waals surface area contributed by atoms with E-state index in [1.807, 2.05) is 12.1 Å². The van der Waals surface area contributed by atoms with Crippen molar-refractivity contribution in [2.45, 2.75) is 17.7 Å². The highest BCUT2D eigenvalue weighted by Crippen LogP contribution is 2.28. The lowest BCUT2D eigenvalue weighted by Gasteiger charge is -2.17. The van der Waals surface area contributed by atoms with E-state index in [-0.39, 0.29) is 0 Å². The van der Waals surface area contributed by atoms with Crippen LogP contribution in [0.3, 0.4) is 0 Å². The molecule has 1 unspecified atom stereocenters. The predicted molar refractivity (Wildman–Crippen MR) is 94.8 cm³/mol. The molecule has 1 N–H and O–H groups in total. The van der Waals surface area contributed by atoms with Crippen LogP contribution in [-0.4, -0.2) is 17.2 Å². The molecule has 124 valence electrons. The maximum Gasteiger partial charge on any atom is 0.364 e. The van der Waals surface area contributed by atoms with Gasteiger partial charge in [0.2, 0.25) is 0 Å². The summed E-state index contributed by atoms with van der Waals surface area (Å²) in [6.45, 7) is 0.316. The maximum atomic E-state index is 11.4. The molecule has 1 atom stereocenters. The summed E-state index contributed by atoms with van der Waals surface area (Å²) in [4.78, 5) is 15.8. The van der Waals surface area contributed by atoms with E-state index < -0.39 is 11.4 Å². The molecule has 0 spiro atoms. The van der Waals surface area contributed by atoms with Crippen LogP contribution in [0, 0.1) is 0 Å². The van der Waals surface area contributed by atoms with Crippen molar-refractivity contribution in [3.8, 4) is 0 Å². The number of carbonyl (C=O) groups excluding carboxylic acids is 1. The van der Waals surface area contributed by atoms with Gasteiger partial charge in [-0.15, -0.1) is 11.8 Å². The van der Waals surface area contributed by atoms with E-state index in [0.717, 1.165) is 5.56 Å². The average Bonchev–Trinajstić information content (AvgIpc) is 3.07. The number of azo groups is 1. The zero-order chi connectivity index (χ0) is 16.9. The molecule has 0 saturated carbocycles. The standard InChI is InChI=1S/C15H12Cl2N4O2S/c16-10-4-3-9(12(17)6-10)8-24-14-13(19-15(22)21-20-14)18-7-11-2-1-5-23-11/h1-6,14H,7-8H2,(H,18,19,22). The lowest BCUT2D eigenvalue weighted by atomic mass is 10.2. The lowest BCUT2D eigenvalue weighted by Crippen LogP contribution is -2.38. The number of urea groups is 1. The van der Waals surface area contributed by atoms with Gasteiger partial charge in [0, 0.05) is 15.8 Å². The van der Waals surface area contributed by atoms with E-state index >= 15 is 0 Å². The Labute approximate surface area is 152 Å². The van der Waals surface area contributed by atoms with Gasteiger partial charge < -0.3 is 4.42 Å². The maximum absolute atomic E-state index is 11.4. The zero-order valence-corrected chi connectivity index (χ0v) is 14.6. The van der Waals surface area contributed by atoms with Gasteiger partial charge in [-0.1, -0.05) is 34.4 Å². The van der Waals surface area contributed by atoms with Crippen molar-refractivity contribution in [2.75, 3.05) is 0 Å². The molecule has 0 fully saturated rings. The van der Waals surface area contributed by atoms with Crippen molar-refractivity contribution in [1.29, 1.82) is 0 Å². The zero-order valence-electron chi connectivity index (χ0n) is 12.3. The number of amidine groups is 1. The number of carbonyl (C=O) groups is 1. The molecule has 1 aromatic carbocycles. The number of hydrogen-bond donors (Lipinski definition) is 1. The second-order valence-electron chi connectivity index (χ2n) is 4.83. The Morgan fingerprint density at radius 2 is 2.21 bits per heavy atom. The molecule has 2 heterocycles. The first-order chi connectivity index (χ1) is 11.6. The van der Waals surface area contributed by atoms with Crippen LogP contribution in [0.2, 0.25) is 10.0 Å². The monoisotopic (exact) mass is 382 g/mol. The number of amides is 2. The summed E-state index contributed by atoms with van der Waals surface area (Å²) in [7, 11) is 0. The Kier molecular flexibility index (Phi) is 5.55. The molecular weight excluding hydrogens is 371 g/mol. The number of nitrogens with zero attached hydrogens (tertiary/aromatic N) is 3. The number of hydrogen-bond acceptors (Lipinski definition) is 5. The topological polar surface area (TPSA) is 79.3 Å². The predicted octanol–water partition coefficient (Wildman–Crippen LogP) is 4.92. The van der Waals surface area contributed by atoms with E-state index in [2.05, 4.69) is 20.5 Å². The van der Waals surface area contributed by atoms with Gasteiger partial charge in [0.15, 0.2) is 5.37 Å². The number of benzene rings is 1. The fraction of sp³-hybridized carbons (Fsp3) is 0.200. The Morgan fingerprint density at radius 1 is 1.33 bits per heavy atom. The molecule has 9 heteroatoms. The highest BCUT2D eigenvalue weighted by molar-refractivity contribution is 7.99. The van der Waals surface area contributed by atoms with Crippen LogP contribution < -0.4 is 5.32 Å². The molecule has 1 aliphatic heterocycles. The molecule has 24 heavy (non-hydrogen) atoms. The highest BCUT2D eigenvalue weighted by Gasteiger charge is 2.23. The van der Waals surface area contributed by atoms with E-state index in [9.17, 15) is 4.79 Å². The summed E-state index contributed by atoms with van der Waals surface area (Å²) in [5, 5.41) is 10.9. The molecule has 0 aliphatic carbocycles. The lowest BCUT2D eigenvalue weighted by molar-refractivity contribution is 0.250. The second kappa shape index (κ2) is 7.83. The van der Waals surface area contributed by atoms with Crippen LogP contribution in [0.4, 0.5) is 4.79 Å². The summed E-state index contributed by atoms with van der Waals surface area (Å²) in [5.74, 6) is 1.72. The first-order valence-electron chi connectivity index (χ1n) is 6.96. The average molecular weight is 383 g/mol. The number of aliphatic imine (C=N–C) groups is 1. The van der Waals surface area contributed by atoms with E-state index in [0.29, 0.717) is 33.9 Å². The fourth-order valence-electron chi connectivity index (χ4n) is 1.96. The number of furan rings is 1. The third kappa shape index (κ3) is 4.37. The van der Waals surface area contributed by atoms with Crippen LogP contribution in [0.1, 0.15) is 11.3 Å². The van der Waals surface area contributed by atoms with E-state index in [1.54, 1.807) is 24.5 Å². The molecular formula is C15H12Cl2N4O2S. The van der Waals surface area contributed by atoms with Gasteiger partial charge in [-0.25, -0.2) is 4.79 Å². The molecule has 2 amide bonds. The highest BCUT2D eigenvalue weighted by atomic mass is 35.5. The summed E-state index contributed by atoms with van der Waals surface area (Å²) >= 11 is 13.5. The summed E-state index contributed by atoms with van der Waals surface area (Å²) in [6.07, 6.45) is 1.57. The molecule has 0 bridgehead atoms. The molecule has 2 aromatic rings. The SMILES string of the molecule is O=C1N=NC(SCc2ccc(Cl)cc2Cl)C(=NCc2ccco2)N1. The minimum absolute atomic E-state index is 0.316. The summed E-state index contributed by atoms with van der Waals surface area (Å²) in [5.41, 5.74) is 0.920. The first kappa shape index (κ1) is 17.0. The van der Waals surface area contributed by atoms with Gasteiger partial charge in [0.25, 0.3) is 0 Å². The van der Waals surface area contributed by atoms with Gasteiger partial charge >= 0.3 is 6.03 Å². The Morgan fingerprint density at radius 3 is 2.96 bits per heavy atom. The van der Waals surface area contributed by atoms with Gasteiger partial charge in [-0.3, -0.25) is 10.3 Å². The van der Waals surface area contributed by atoms with Gasteiger partial charge in [0.1, 0.15) is 11.6 Å². The number of thioether (sulfide) groups is 1. The Bertz CT molecular complexity index is 793. The minimum Gasteiger partial charge on any atom is -0.467 e. The van der Waals surface area contributed by atoms with E-state index in [1.165, 1.54) is 11.8 Å². The molecule has 1 aliphatic rings. The molecule has 6 nitrogen and oxygen atoms in total. The fourth-order valence-corrected chi connectivity index (χ4v) is 3.51. The van der Waals surface area contributed by atoms with Crippen molar-refractivity contribution < 1.29 is 9.21 Å². The number of halogens is 2. The quantitative estimate of drug-likeness (QED) is 0.796. The third-order valence-corrected chi connectivity index (χ3v) is 4.82. The van der Waals surface area contributed by atoms with Crippen molar-refractivity contribution >= 4 is 46.8 Å². The summed E-state index contributed by atoms with van der Waals surface area (Å²) in [6, 6.07) is 8.38. The van der Waals surface area contributed by atoms with Crippen LogP contribution in [0.5, 0.6) is 0 Å². The molecule has 0 saturated heterocycles. The van der Waals surface area contributed by atoms with Crippen molar-refractivity contribution in [2.24, 2.45) is 15.2 Å². The Balaban J connectivity index is 1.70. The summed E-state index contributed by atoms with van der Waals surface area (Å²) < 4.78 is 5.23. The molecule has 1 aromatic heterocycles. The van der Waals surface area contributed by atoms with Crippen molar-refractivity contribution in [3.05, 3.63) is 58.0 Å². The molecule has 0 radical (unpaired) electrons. The smallest absolute Gasteiger partial charge is 0.364 e. The third-order valence-electron chi connectivity index (χ3n) is 3.12. The van der Waals surface area contributed by atoms with Crippen molar-refractivity contribution in [3.63, 3.8) is 0 Å². The van der Waals surface area contributed by atoms with Crippen molar-refractivity contribution in [1.82, 2.24) is 5.32 Å². The first-order valence-corrected chi connectivity index (χ1v) is 8.76. The van der Waals surface area contributed by atoms with Crippen LogP contribution in [-0.2, 0) is 12.3 Å². The van der Waals surface area contributed by atoms with Crippen LogP contribution in [0.15, 0.2) is 56.2 Å². The number of nitrogens with one attached hydrogen (secondary N) is 1. The van der Waals surface area contributed by atoms with Gasteiger partial charge in [-0.05, 0) is 29.8 Å².